The third-order valence-corrected chi connectivity index (χ3v) is 2.90. The second-order valence-corrected chi connectivity index (χ2v) is 4.13. The summed E-state index contributed by atoms with van der Waals surface area (Å²) in [6.07, 6.45) is 0.882. The first-order valence-corrected chi connectivity index (χ1v) is 5.79. The highest BCUT2D eigenvalue weighted by Gasteiger charge is 2.19. The quantitative estimate of drug-likeness (QED) is 0.822. The van der Waals surface area contributed by atoms with Gasteiger partial charge in [0.05, 0.1) is 13.2 Å². The van der Waals surface area contributed by atoms with Crippen LogP contribution in [0.3, 0.4) is 0 Å². The maximum Gasteiger partial charge on any atom is 0.241 e. The van der Waals surface area contributed by atoms with Gasteiger partial charge < -0.3 is 15.8 Å². The van der Waals surface area contributed by atoms with Crippen LogP contribution in [0, 0.1) is 5.92 Å². The van der Waals surface area contributed by atoms with Crippen LogP contribution in [0.25, 0.3) is 0 Å². The summed E-state index contributed by atoms with van der Waals surface area (Å²) < 4.78 is 5.08. The van der Waals surface area contributed by atoms with E-state index >= 15 is 0 Å². The topological polar surface area (TPSA) is 64.4 Å². The molecule has 0 fully saturated rings. The second kappa shape index (κ2) is 6.25. The SMILES string of the molecule is CCC(C)[C@H](N)C(=O)Nc1cccc(OC)c1. The zero-order chi connectivity index (χ0) is 12.8. The Kier molecular flexibility index (Phi) is 4.97. The summed E-state index contributed by atoms with van der Waals surface area (Å²) in [5.74, 6) is 0.716. The zero-order valence-electron chi connectivity index (χ0n) is 10.6. The van der Waals surface area contributed by atoms with Crippen molar-refractivity contribution < 1.29 is 9.53 Å². The maximum absolute atomic E-state index is 11.8. The molecule has 1 rings (SSSR count). The van der Waals surface area contributed by atoms with Crippen molar-refractivity contribution in [3.05, 3.63) is 24.3 Å². The lowest BCUT2D eigenvalue weighted by Crippen LogP contribution is -2.40. The molecule has 0 heterocycles. The highest BCUT2D eigenvalue weighted by molar-refractivity contribution is 5.95. The van der Waals surface area contributed by atoms with Crippen molar-refractivity contribution in [1.82, 2.24) is 0 Å². The van der Waals surface area contributed by atoms with Crippen LogP contribution in [0.5, 0.6) is 5.75 Å². The lowest BCUT2D eigenvalue weighted by Gasteiger charge is -2.17. The summed E-state index contributed by atoms with van der Waals surface area (Å²) in [7, 11) is 1.59. The number of hydrogen-bond donors (Lipinski definition) is 2. The molecule has 0 spiro atoms. The Bertz CT molecular complexity index is 379. The van der Waals surface area contributed by atoms with Crippen LogP contribution in [-0.4, -0.2) is 19.1 Å². The Labute approximate surface area is 102 Å². The molecule has 1 amide bonds. The van der Waals surface area contributed by atoms with E-state index in [4.69, 9.17) is 10.5 Å². The van der Waals surface area contributed by atoms with Gasteiger partial charge in [-0.3, -0.25) is 4.79 Å². The van der Waals surface area contributed by atoms with Crippen molar-refractivity contribution in [2.24, 2.45) is 11.7 Å². The molecule has 0 aromatic heterocycles. The standard InChI is InChI=1S/C13H20N2O2/c1-4-9(2)12(14)13(16)15-10-6-5-7-11(8-10)17-3/h5-9,12H,4,14H2,1-3H3,(H,15,16)/t9?,12-/m0/s1. The molecule has 94 valence electrons. The van der Waals surface area contributed by atoms with Crippen molar-refractivity contribution in [1.29, 1.82) is 0 Å². The molecule has 1 aromatic carbocycles. The van der Waals surface area contributed by atoms with Crippen molar-refractivity contribution in [2.45, 2.75) is 26.3 Å². The molecule has 1 aromatic rings. The Morgan fingerprint density at radius 2 is 2.24 bits per heavy atom. The van der Waals surface area contributed by atoms with Crippen LogP contribution >= 0.6 is 0 Å². The first-order valence-electron chi connectivity index (χ1n) is 5.79. The number of ether oxygens (including phenoxy) is 1. The lowest BCUT2D eigenvalue weighted by atomic mass is 9.99. The van der Waals surface area contributed by atoms with Gasteiger partial charge in [0.2, 0.25) is 5.91 Å². The van der Waals surface area contributed by atoms with E-state index in [2.05, 4.69) is 5.32 Å². The first-order chi connectivity index (χ1) is 8.08. The Balaban J connectivity index is 2.67. The number of carbonyl (C=O) groups excluding carboxylic acids is 1. The fraction of sp³-hybridized carbons (Fsp3) is 0.462. The number of nitrogens with two attached hydrogens (primary N) is 1. The first kappa shape index (κ1) is 13.5. The minimum Gasteiger partial charge on any atom is -0.497 e. The molecular weight excluding hydrogens is 216 g/mol. The molecular formula is C13H20N2O2. The number of benzene rings is 1. The molecule has 3 N–H and O–H groups in total. The summed E-state index contributed by atoms with van der Waals surface area (Å²) in [5.41, 5.74) is 6.55. The average molecular weight is 236 g/mol. The Morgan fingerprint density at radius 3 is 2.82 bits per heavy atom. The van der Waals surface area contributed by atoms with Gasteiger partial charge in [-0.15, -0.1) is 0 Å². The molecule has 1 unspecified atom stereocenters. The predicted octanol–water partition coefficient (Wildman–Crippen LogP) is 2.01. The molecule has 0 bridgehead atoms. The predicted molar refractivity (Wildman–Crippen MR) is 69.1 cm³/mol. The number of hydrogen-bond acceptors (Lipinski definition) is 3. The van der Waals surface area contributed by atoms with Gasteiger partial charge in [-0.25, -0.2) is 0 Å². The molecule has 0 saturated heterocycles. The molecule has 2 atom stereocenters. The van der Waals surface area contributed by atoms with Crippen molar-refractivity contribution in [2.75, 3.05) is 12.4 Å². The molecule has 0 saturated carbocycles. The largest absolute Gasteiger partial charge is 0.497 e. The van der Waals surface area contributed by atoms with Gasteiger partial charge in [0.1, 0.15) is 5.75 Å². The van der Waals surface area contributed by atoms with Gasteiger partial charge in [0, 0.05) is 11.8 Å². The number of methoxy groups -OCH3 is 1. The number of carbonyl (C=O) groups is 1. The molecule has 4 heteroatoms. The van der Waals surface area contributed by atoms with Gasteiger partial charge in [-0.05, 0) is 18.1 Å². The normalized spacial score (nSPS) is 13.9. The molecule has 0 aliphatic heterocycles. The van der Waals surface area contributed by atoms with E-state index in [1.165, 1.54) is 0 Å². The number of anilines is 1. The summed E-state index contributed by atoms with van der Waals surface area (Å²) in [5, 5.41) is 2.79. The van der Waals surface area contributed by atoms with Crippen LogP contribution in [-0.2, 0) is 4.79 Å². The fourth-order valence-electron chi connectivity index (χ4n) is 1.44. The van der Waals surface area contributed by atoms with E-state index in [1.54, 1.807) is 13.2 Å². The van der Waals surface area contributed by atoms with E-state index in [-0.39, 0.29) is 11.8 Å². The van der Waals surface area contributed by atoms with E-state index in [0.717, 1.165) is 6.42 Å². The summed E-state index contributed by atoms with van der Waals surface area (Å²) in [4.78, 5) is 11.8. The summed E-state index contributed by atoms with van der Waals surface area (Å²) in [6.45, 7) is 3.99. The van der Waals surface area contributed by atoms with Gasteiger partial charge in [0.25, 0.3) is 0 Å². The van der Waals surface area contributed by atoms with Gasteiger partial charge in [-0.1, -0.05) is 26.3 Å². The monoisotopic (exact) mass is 236 g/mol. The van der Waals surface area contributed by atoms with E-state index in [0.29, 0.717) is 11.4 Å². The highest BCUT2D eigenvalue weighted by atomic mass is 16.5. The Morgan fingerprint density at radius 1 is 1.53 bits per heavy atom. The van der Waals surface area contributed by atoms with Crippen molar-refractivity contribution in [3.63, 3.8) is 0 Å². The smallest absolute Gasteiger partial charge is 0.241 e. The summed E-state index contributed by atoms with van der Waals surface area (Å²) >= 11 is 0. The second-order valence-electron chi connectivity index (χ2n) is 4.13. The van der Waals surface area contributed by atoms with E-state index in [1.807, 2.05) is 32.0 Å². The minimum atomic E-state index is -0.480. The van der Waals surface area contributed by atoms with Crippen LogP contribution in [0.1, 0.15) is 20.3 Å². The molecule has 4 nitrogen and oxygen atoms in total. The van der Waals surface area contributed by atoms with Crippen LogP contribution in [0.15, 0.2) is 24.3 Å². The van der Waals surface area contributed by atoms with Gasteiger partial charge in [0.15, 0.2) is 0 Å². The molecule has 0 radical (unpaired) electrons. The number of rotatable bonds is 5. The molecule has 0 aliphatic carbocycles. The maximum atomic E-state index is 11.8. The number of amides is 1. The van der Waals surface area contributed by atoms with Crippen LogP contribution in [0.4, 0.5) is 5.69 Å². The Hall–Kier alpha value is -1.55. The highest BCUT2D eigenvalue weighted by Crippen LogP contribution is 2.17. The zero-order valence-corrected chi connectivity index (χ0v) is 10.6. The average Bonchev–Trinajstić information content (AvgIpc) is 2.37. The van der Waals surface area contributed by atoms with Gasteiger partial charge >= 0.3 is 0 Å². The van der Waals surface area contributed by atoms with E-state index < -0.39 is 6.04 Å². The van der Waals surface area contributed by atoms with Crippen molar-refractivity contribution in [3.8, 4) is 5.75 Å². The summed E-state index contributed by atoms with van der Waals surface area (Å²) in [6, 6.07) is 6.74. The molecule has 17 heavy (non-hydrogen) atoms. The third-order valence-electron chi connectivity index (χ3n) is 2.90. The fourth-order valence-corrected chi connectivity index (χ4v) is 1.44. The number of nitrogens with one attached hydrogen (secondary N) is 1. The van der Waals surface area contributed by atoms with Crippen molar-refractivity contribution >= 4 is 11.6 Å². The van der Waals surface area contributed by atoms with Crippen LogP contribution < -0.4 is 15.8 Å². The van der Waals surface area contributed by atoms with Crippen LogP contribution in [0.2, 0.25) is 0 Å². The molecule has 0 aliphatic rings. The minimum absolute atomic E-state index is 0.160. The third kappa shape index (κ3) is 3.75. The van der Waals surface area contributed by atoms with Gasteiger partial charge in [-0.2, -0.15) is 0 Å². The van der Waals surface area contributed by atoms with E-state index in [9.17, 15) is 4.79 Å². The lowest BCUT2D eigenvalue weighted by molar-refractivity contribution is -0.118.